The van der Waals surface area contributed by atoms with Gasteiger partial charge >= 0.3 is 0 Å². The van der Waals surface area contributed by atoms with Gasteiger partial charge in [-0.3, -0.25) is 4.90 Å². The molecule has 0 aromatic rings. The Kier molecular flexibility index (Phi) is 8.03. The number of rotatable bonds is 10. The first-order valence-electron chi connectivity index (χ1n) is 8.07. The largest absolute Gasteiger partial charge is 0.392 e. The molecule has 0 aromatic carbocycles. The lowest BCUT2D eigenvalue weighted by molar-refractivity contribution is 0.0210. The first-order valence-corrected chi connectivity index (χ1v) is 8.07. The highest BCUT2D eigenvalue weighted by Crippen LogP contribution is 2.41. The van der Waals surface area contributed by atoms with E-state index in [0.717, 1.165) is 58.9 Å². The number of nitrogens with zero attached hydrogens (tertiary/aromatic N) is 1. The number of aliphatic hydroxyl groups is 1. The lowest BCUT2D eigenvalue weighted by atomic mass is 9.87. The fourth-order valence-corrected chi connectivity index (χ4v) is 2.99. The molecule has 1 N–H and O–H groups in total. The molecule has 1 saturated carbocycles. The maximum atomic E-state index is 10.4. The summed E-state index contributed by atoms with van der Waals surface area (Å²) in [4.78, 5) is 2.38. The van der Waals surface area contributed by atoms with Gasteiger partial charge in [0, 0.05) is 32.8 Å². The summed E-state index contributed by atoms with van der Waals surface area (Å²) in [6.07, 6.45) is 2.04. The minimum atomic E-state index is -0.191. The average molecular weight is 287 g/mol. The van der Waals surface area contributed by atoms with Gasteiger partial charge in [-0.2, -0.15) is 0 Å². The summed E-state index contributed by atoms with van der Waals surface area (Å²) in [5.74, 6) is 0.383. The molecule has 0 aromatic heterocycles. The van der Waals surface area contributed by atoms with E-state index in [4.69, 9.17) is 9.47 Å². The Morgan fingerprint density at radius 3 is 2.05 bits per heavy atom. The Hall–Kier alpha value is -0.160. The Bertz CT molecular complexity index is 248. The predicted octanol–water partition coefficient (Wildman–Crippen LogP) is 2.16. The highest BCUT2D eigenvalue weighted by atomic mass is 16.5. The topological polar surface area (TPSA) is 41.9 Å². The molecule has 1 aliphatic carbocycles. The molecular formula is C16H33NO3. The fraction of sp³-hybridized carbons (Fsp3) is 1.00. The van der Waals surface area contributed by atoms with E-state index in [1.165, 1.54) is 0 Å². The van der Waals surface area contributed by atoms with E-state index in [0.29, 0.717) is 5.92 Å². The van der Waals surface area contributed by atoms with Crippen LogP contribution in [0.2, 0.25) is 0 Å². The number of hydrogen-bond donors (Lipinski definition) is 1. The fourth-order valence-electron chi connectivity index (χ4n) is 2.99. The zero-order chi connectivity index (χ0) is 15.0. The van der Waals surface area contributed by atoms with Gasteiger partial charge in [-0.05, 0) is 38.0 Å². The van der Waals surface area contributed by atoms with E-state index in [9.17, 15) is 5.11 Å². The third-order valence-electron chi connectivity index (χ3n) is 4.41. The van der Waals surface area contributed by atoms with Crippen LogP contribution in [0.1, 0.15) is 40.5 Å². The van der Waals surface area contributed by atoms with Gasteiger partial charge in [0.25, 0.3) is 0 Å². The van der Waals surface area contributed by atoms with E-state index in [2.05, 4.69) is 18.7 Å². The maximum Gasteiger partial charge on any atom is 0.0631 e. The Labute approximate surface area is 124 Å². The van der Waals surface area contributed by atoms with Crippen LogP contribution in [0, 0.1) is 11.3 Å². The minimum absolute atomic E-state index is 0.0656. The van der Waals surface area contributed by atoms with Crippen molar-refractivity contribution in [2.45, 2.75) is 46.6 Å². The highest BCUT2D eigenvalue weighted by Gasteiger charge is 2.41. The predicted molar refractivity (Wildman–Crippen MR) is 81.9 cm³/mol. The molecule has 20 heavy (non-hydrogen) atoms. The van der Waals surface area contributed by atoms with Gasteiger partial charge < -0.3 is 14.6 Å². The SMILES string of the molecule is CCOCCN(CCOCC)CC1CCC(C)(C)C1O. The van der Waals surface area contributed by atoms with Crippen molar-refractivity contribution in [1.82, 2.24) is 4.90 Å². The third kappa shape index (κ3) is 5.68. The molecule has 2 unspecified atom stereocenters. The molecule has 1 aliphatic rings. The van der Waals surface area contributed by atoms with Crippen molar-refractivity contribution >= 4 is 0 Å². The van der Waals surface area contributed by atoms with Crippen LogP contribution in [0.15, 0.2) is 0 Å². The smallest absolute Gasteiger partial charge is 0.0631 e. The Morgan fingerprint density at radius 1 is 1.10 bits per heavy atom. The van der Waals surface area contributed by atoms with Gasteiger partial charge in [0.15, 0.2) is 0 Å². The van der Waals surface area contributed by atoms with Crippen LogP contribution in [0.3, 0.4) is 0 Å². The van der Waals surface area contributed by atoms with Crippen LogP contribution in [-0.2, 0) is 9.47 Å². The second-order valence-corrected chi connectivity index (χ2v) is 6.43. The molecule has 1 rings (SSSR count). The Balaban J connectivity index is 2.42. The molecule has 0 amide bonds. The molecule has 4 heteroatoms. The molecular weight excluding hydrogens is 254 g/mol. The van der Waals surface area contributed by atoms with Crippen molar-refractivity contribution in [2.24, 2.45) is 11.3 Å². The van der Waals surface area contributed by atoms with Gasteiger partial charge in [-0.25, -0.2) is 0 Å². The lowest BCUT2D eigenvalue weighted by Crippen LogP contribution is -2.39. The van der Waals surface area contributed by atoms with E-state index < -0.39 is 0 Å². The van der Waals surface area contributed by atoms with E-state index in [-0.39, 0.29) is 11.5 Å². The van der Waals surface area contributed by atoms with Crippen molar-refractivity contribution < 1.29 is 14.6 Å². The van der Waals surface area contributed by atoms with Crippen molar-refractivity contribution in [1.29, 1.82) is 0 Å². The standard InChI is InChI=1S/C16H33NO3/c1-5-19-11-9-17(10-12-20-6-2)13-14-7-8-16(3,4)15(14)18/h14-15,18H,5-13H2,1-4H3. The third-order valence-corrected chi connectivity index (χ3v) is 4.41. The van der Waals surface area contributed by atoms with E-state index in [1.807, 2.05) is 13.8 Å². The van der Waals surface area contributed by atoms with Crippen LogP contribution < -0.4 is 0 Å². The molecule has 0 aliphatic heterocycles. The number of aliphatic hydroxyl groups excluding tert-OH is 1. The summed E-state index contributed by atoms with van der Waals surface area (Å²) in [6, 6.07) is 0. The zero-order valence-corrected chi connectivity index (χ0v) is 13.7. The molecule has 0 spiro atoms. The molecule has 0 saturated heterocycles. The Morgan fingerprint density at radius 2 is 1.65 bits per heavy atom. The second kappa shape index (κ2) is 8.98. The monoisotopic (exact) mass is 287 g/mol. The second-order valence-electron chi connectivity index (χ2n) is 6.43. The van der Waals surface area contributed by atoms with Gasteiger partial charge in [0.1, 0.15) is 0 Å². The molecule has 4 nitrogen and oxygen atoms in total. The van der Waals surface area contributed by atoms with Gasteiger partial charge in [0.2, 0.25) is 0 Å². The first kappa shape index (κ1) is 17.9. The zero-order valence-electron chi connectivity index (χ0n) is 13.7. The van der Waals surface area contributed by atoms with Gasteiger partial charge in [-0.1, -0.05) is 13.8 Å². The average Bonchev–Trinajstić information content (AvgIpc) is 2.66. The quantitative estimate of drug-likeness (QED) is 0.625. The van der Waals surface area contributed by atoms with Crippen LogP contribution in [0.5, 0.6) is 0 Å². The van der Waals surface area contributed by atoms with Crippen molar-refractivity contribution in [3.8, 4) is 0 Å². The summed E-state index contributed by atoms with van der Waals surface area (Å²) in [7, 11) is 0. The summed E-state index contributed by atoms with van der Waals surface area (Å²) in [5, 5.41) is 10.4. The molecule has 0 radical (unpaired) electrons. The maximum absolute atomic E-state index is 10.4. The normalized spacial score (nSPS) is 25.5. The summed E-state index contributed by atoms with van der Waals surface area (Å²) in [6.45, 7) is 14.2. The van der Waals surface area contributed by atoms with Crippen LogP contribution >= 0.6 is 0 Å². The van der Waals surface area contributed by atoms with Gasteiger partial charge in [0.05, 0.1) is 19.3 Å². The van der Waals surface area contributed by atoms with Crippen molar-refractivity contribution in [2.75, 3.05) is 46.1 Å². The lowest BCUT2D eigenvalue weighted by Gasteiger charge is -2.30. The first-order chi connectivity index (χ1) is 9.51. The van der Waals surface area contributed by atoms with Crippen molar-refractivity contribution in [3.63, 3.8) is 0 Å². The number of ether oxygens (including phenoxy) is 2. The number of hydrogen-bond acceptors (Lipinski definition) is 4. The molecule has 2 atom stereocenters. The summed E-state index contributed by atoms with van der Waals surface area (Å²) >= 11 is 0. The van der Waals surface area contributed by atoms with Gasteiger partial charge in [-0.15, -0.1) is 0 Å². The molecule has 0 bridgehead atoms. The minimum Gasteiger partial charge on any atom is -0.392 e. The summed E-state index contributed by atoms with van der Waals surface area (Å²) in [5.41, 5.74) is 0.0656. The summed E-state index contributed by atoms with van der Waals surface area (Å²) < 4.78 is 10.9. The molecule has 1 fully saturated rings. The molecule has 0 heterocycles. The van der Waals surface area contributed by atoms with Crippen LogP contribution in [0.4, 0.5) is 0 Å². The van der Waals surface area contributed by atoms with Crippen molar-refractivity contribution in [3.05, 3.63) is 0 Å². The van der Waals surface area contributed by atoms with E-state index >= 15 is 0 Å². The molecule has 120 valence electrons. The highest BCUT2D eigenvalue weighted by molar-refractivity contribution is 4.92. The van der Waals surface area contributed by atoms with E-state index in [1.54, 1.807) is 0 Å². The van der Waals surface area contributed by atoms with Crippen LogP contribution in [-0.4, -0.2) is 62.2 Å². The van der Waals surface area contributed by atoms with Crippen LogP contribution in [0.25, 0.3) is 0 Å².